The lowest BCUT2D eigenvalue weighted by Crippen LogP contribution is -2.00. The van der Waals surface area contributed by atoms with Crippen LogP contribution in [0.25, 0.3) is 122 Å². The summed E-state index contributed by atoms with van der Waals surface area (Å²) in [7, 11) is 0. The zero-order valence-corrected chi connectivity index (χ0v) is 27.6. The Labute approximate surface area is 296 Å². The van der Waals surface area contributed by atoms with Crippen LogP contribution in [0.5, 0.6) is 0 Å². The molecule has 240 valence electrons. The molecule has 11 aromatic rings. The zero-order valence-electron chi connectivity index (χ0n) is 27.6. The minimum absolute atomic E-state index is 0.581. The maximum Gasteiger partial charge on any atom is 0.164 e. The van der Waals surface area contributed by atoms with Crippen molar-refractivity contribution in [1.82, 2.24) is 15.0 Å². The fourth-order valence-corrected chi connectivity index (χ4v) is 8.33. The lowest BCUT2D eigenvalue weighted by Gasteiger charge is -2.11. The van der Waals surface area contributed by atoms with Gasteiger partial charge in [-0.05, 0) is 80.2 Å². The molecule has 5 nitrogen and oxygen atoms in total. The van der Waals surface area contributed by atoms with Crippen molar-refractivity contribution in [3.05, 3.63) is 152 Å². The molecule has 0 N–H and O–H groups in total. The summed E-state index contributed by atoms with van der Waals surface area (Å²) in [4.78, 5) is 15.7. The second kappa shape index (κ2) is 10.2. The molecule has 8 aromatic carbocycles. The predicted octanol–water partition coefficient (Wildman–Crippen LogP) is 12.6. The average Bonchev–Trinajstić information content (AvgIpc) is 3.87. The molecule has 5 heteroatoms. The van der Waals surface area contributed by atoms with Gasteiger partial charge < -0.3 is 8.83 Å². The van der Waals surface area contributed by atoms with Crippen LogP contribution in [0.3, 0.4) is 0 Å². The second-order valence-corrected chi connectivity index (χ2v) is 13.5. The van der Waals surface area contributed by atoms with Gasteiger partial charge in [-0.25, -0.2) is 15.0 Å². The van der Waals surface area contributed by atoms with Crippen molar-refractivity contribution >= 4 is 65.4 Å². The monoisotopic (exact) mass is 663 g/mol. The minimum Gasteiger partial charge on any atom is -0.456 e. The molecular formula is C47H25N3O2. The number of nitrogens with zero attached hydrogens (tertiary/aromatic N) is 3. The summed E-state index contributed by atoms with van der Waals surface area (Å²) in [6, 6.07) is 52.6. The van der Waals surface area contributed by atoms with Crippen LogP contribution in [0.2, 0.25) is 0 Å². The fourth-order valence-electron chi connectivity index (χ4n) is 8.33. The van der Waals surface area contributed by atoms with E-state index in [9.17, 15) is 0 Å². The van der Waals surface area contributed by atoms with E-state index in [0.29, 0.717) is 17.5 Å². The molecule has 12 rings (SSSR count). The molecule has 0 amide bonds. The largest absolute Gasteiger partial charge is 0.456 e. The Morgan fingerprint density at radius 1 is 0.308 bits per heavy atom. The van der Waals surface area contributed by atoms with Crippen LogP contribution in [0.4, 0.5) is 0 Å². The van der Waals surface area contributed by atoms with Crippen molar-refractivity contribution in [2.24, 2.45) is 0 Å². The normalized spacial score (nSPS) is 12.2. The van der Waals surface area contributed by atoms with Crippen LogP contribution >= 0.6 is 0 Å². The number of fused-ring (bicyclic) bond motifs is 10. The van der Waals surface area contributed by atoms with E-state index in [1.54, 1.807) is 0 Å². The highest BCUT2D eigenvalue weighted by molar-refractivity contribution is 6.21. The highest BCUT2D eigenvalue weighted by atomic mass is 16.3. The third kappa shape index (κ3) is 3.85. The number of para-hydroxylation sites is 1. The van der Waals surface area contributed by atoms with Crippen molar-refractivity contribution in [3.63, 3.8) is 0 Å². The third-order valence-electron chi connectivity index (χ3n) is 10.6. The number of furan rings is 2. The maximum absolute atomic E-state index is 6.62. The standard InChI is InChI=1S/C47H25N3O2/c1-2-10-28-23-29(22-21-26(28)9-1)45-48-46(33-16-7-19-39-43(33)32-13-3-4-18-38(32)51-39)50-47(49-45)34-17-8-20-40-44(34)37-24-35-30-14-5-11-27-12-6-15-31(42(27)30)36(35)25-41(37)52-40/h1-25H. The molecule has 3 heterocycles. The molecule has 0 radical (unpaired) electrons. The second-order valence-electron chi connectivity index (χ2n) is 13.5. The van der Waals surface area contributed by atoms with Crippen molar-refractivity contribution < 1.29 is 8.83 Å². The number of benzene rings is 8. The van der Waals surface area contributed by atoms with Crippen molar-refractivity contribution in [3.8, 4) is 56.4 Å². The van der Waals surface area contributed by atoms with Gasteiger partial charge in [-0.3, -0.25) is 0 Å². The Hall–Kier alpha value is -7.11. The van der Waals surface area contributed by atoms with Crippen LogP contribution in [-0.4, -0.2) is 15.0 Å². The predicted molar refractivity (Wildman–Crippen MR) is 210 cm³/mol. The minimum atomic E-state index is 0.581. The molecule has 0 spiro atoms. The quantitative estimate of drug-likeness (QED) is 0.188. The average molecular weight is 664 g/mol. The number of hydrogen-bond donors (Lipinski definition) is 0. The molecule has 1 aliphatic rings. The van der Waals surface area contributed by atoms with Gasteiger partial charge in [0.05, 0.1) is 0 Å². The number of aromatic nitrogens is 3. The molecule has 0 fully saturated rings. The van der Waals surface area contributed by atoms with Crippen LogP contribution in [0.15, 0.2) is 160 Å². The molecule has 1 aliphatic carbocycles. The molecule has 0 unspecified atom stereocenters. The Morgan fingerprint density at radius 2 is 0.865 bits per heavy atom. The molecular weight excluding hydrogens is 639 g/mol. The van der Waals surface area contributed by atoms with Crippen molar-refractivity contribution in [2.45, 2.75) is 0 Å². The summed E-state index contributed by atoms with van der Waals surface area (Å²) in [5.41, 5.74) is 10.8. The van der Waals surface area contributed by atoms with Gasteiger partial charge in [-0.15, -0.1) is 0 Å². The van der Waals surface area contributed by atoms with E-state index in [1.165, 1.54) is 33.0 Å². The van der Waals surface area contributed by atoms with E-state index in [4.69, 9.17) is 23.8 Å². The number of rotatable bonds is 3. The molecule has 0 atom stereocenters. The van der Waals surface area contributed by atoms with E-state index >= 15 is 0 Å². The van der Waals surface area contributed by atoms with Gasteiger partial charge in [-0.2, -0.15) is 0 Å². The van der Waals surface area contributed by atoms with E-state index in [-0.39, 0.29) is 0 Å². The summed E-state index contributed by atoms with van der Waals surface area (Å²) in [6.07, 6.45) is 0. The molecule has 0 saturated carbocycles. The van der Waals surface area contributed by atoms with Gasteiger partial charge in [0.1, 0.15) is 22.3 Å². The lowest BCUT2D eigenvalue weighted by molar-refractivity contribution is 0.668. The first-order chi connectivity index (χ1) is 25.7. The molecule has 0 aliphatic heterocycles. The molecule has 52 heavy (non-hydrogen) atoms. The lowest BCUT2D eigenvalue weighted by atomic mass is 9.99. The third-order valence-corrected chi connectivity index (χ3v) is 10.6. The topological polar surface area (TPSA) is 65.0 Å². The summed E-state index contributed by atoms with van der Waals surface area (Å²) in [5, 5.41) is 8.84. The van der Waals surface area contributed by atoms with Gasteiger partial charge in [-0.1, -0.05) is 115 Å². The van der Waals surface area contributed by atoms with Gasteiger partial charge in [0.15, 0.2) is 17.5 Å². The Bertz CT molecular complexity index is 3310. The molecule has 0 saturated heterocycles. The smallest absolute Gasteiger partial charge is 0.164 e. The maximum atomic E-state index is 6.62. The summed E-state index contributed by atoms with van der Waals surface area (Å²) < 4.78 is 12.9. The van der Waals surface area contributed by atoms with E-state index < -0.39 is 0 Å². The summed E-state index contributed by atoms with van der Waals surface area (Å²) in [6.45, 7) is 0. The van der Waals surface area contributed by atoms with Crippen LogP contribution in [0, 0.1) is 0 Å². The zero-order chi connectivity index (χ0) is 33.9. The molecule has 0 bridgehead atoms. The fraction of sp³-hybridized carbons (Fsp3) is 0. The van der Waals surface area contributed by atoms with Gasteiger partial charge in [0.25, 0.3) is 0 Å². The highest BCUT2D eigenvalue weighted by Crippen LogP contribution is 2.50. The van der Waals surface area contributed by atoms with Crippen molar-refractivity contribution in [1.29, 1.82) is 0 Å². The Kier molecular flexibility index (Phi) is 5.44. The van der Waals surface area contributed by atoms with Gasteiger partial charge >= 0.3 is 0 Å². The van der Waals surface area contributed by atoms with Crippen LogP contribution in [0.1, 0.15) is 0 Å². The molecule has 3 aromatic heterocycles. The Morgan fingerprint density at radius 3 is 1.63 bits per heavy atom. The Balaban J connectivity index is 1.14. The summed E-state index contributed by atoms with van der Waals surface area (Å²) in [5.74, 6) is 1.76. The van der Waals surface area contributed by atoms with Crippen LogP contribution < -0.4 is 0 Å². The van der Waals surface area contributed by atoms with E-state index in [0.717, 1.165) is 71.3 Å². The van der Waals surface area contributed by atoms with Crippen molar-refractivity contribution in [2.75, 3.05) is 0 Å². The summed E-state index contributed by atoms with van der Waals surface area (Å²) >= 11 is 0. The first kappa shape index (κ1) is 27.7. The SMILES string of the molecule is c1ccc2cc(-c3nc(-c4cccc5oc6ccccc6c45)nc(-c4cccc5oc6cc7c(cc6c45)-c4cccc5cccc-7c45)n3)ccc2c1. The first-order valence-corrected chi connectivity index (χ1v) is 17.4. The van der Waals surface area contributed by atoms with Crippen LogP contribution in [-0.2, 0) is 0 Å². The number of hydrogen-bond acceptors (Lipinski definition) is 5. The van der Waals surface area contributed by atoms with E-state index in [2.05, 4.69) is 109 Å². The highest BCUT2D eigenvalue weighted by Gasteiger charge is 2.25. The van der Waals surface area contributed by atoms with Gasteiger partial charge in [0, 0.05) is 38.2 Å². The first-order valence-electron chi connectivity index (χ1n) is 17.4. The van der Waals surface area contributed by atoms with E-state index in [1.807, 2.05) is 42.5 Å². The van der Waals surface area contributed by atoms with Gasteiger partial charge in [0.2, 0.25) is 0 Å².